The van der Waals surface area contributed by atoms with E-state index in [1.165, 1.54) is 0 Å². The lowest BCUT2D eigenvalue weighted by atomic mass is 10.6. The maximum absolute atomic E-state index is 4.68. The van der Waals surface area contributed by atoms with Gasteiger partial charge >= 0.3 is 0 Å². The minimum atomic E-state index is 0.597. The van der Waals surface area contributed by atoms with Gasteiger partial charge in [-0.2, -0.15) is 0 Å². The highest BCUT2D eigenvalue weighted by Crippen LogP contribution is 1.84. The monoisotopic (exact) mass is 119 g/mol. The molecule has 0 saturated carbocycles. The van der Waals surface area contributed by atoms with Gasteiger partial charge in [0.2, 0.25) is 0 Å². The topological polar surface area (TPSA) is 21.3 Å². The molecule has 0 amide bonds. The summed E-state index contributed by atoms with van der Waals surface area (Å²) >= 11 is 3.72. The lowest BCUT2D eigenvalue weighted by molar-refractivity contribution is 0.287. The Morgan fingerprint density at radius 1 is 2.00 bits per heavy atom. The smallest absolute Gasteiger partial charge is 0.103 e. The van der Waals surface area contributed by atoms with Crippen LogP contribution in [0.1, 0.15) is 0 Å². The number of ether oxygens (including phenoxy) is 1. The average Bonchev–Trinajstić information content (AvgIpc) is 1.68. The van der Waals surface area contributed by atoms with E-state index in [0.29, 0.717) is 12.3 Å². The minimum Gasteiger partial charge on any atom is -0.500 e. The molecule has 3 heteroatoms. The predicted molar refractivity (Wildman–Crippen MR) is 33.1 cm³/mol. The second-order valence-corrected chi connectivity index (χ2v) is 1.39. The number of nitrogens with one attached hydrogen (secondary N) is 1. The van der Waals surface area contributed by atoms with Crippen molar-refractivity contribution in [3.63, 3.8) is 0 Å². The van der Waals surface area contributed by atoms with Crippen molar-refractivity contribution in [1.29, 1.82) is 0 Å². The van der Waals surface area contributed by atoms with Crippen molar-refractivity contribution >= 4 is 12.8 Å². The van der Waals surface area contributed by atoms with Crippen molar-refractivity contribution in [2.75, 3.05) is 13.7 Å². The summed E-state index contributed by atoms with van der Waals surface area (Å²) in [5, 5.41) is 0. The Morgan fingerprint density at radius 3 is 2.71 bits per heavy atom. The van der Waals surface area contributed by atoms with Crippen LogP contribution in [0.15, 0.2) is 12.3 Å². The van der Waals surface area contributed by atoms with Crippen LogP contribution < -0.4 is 4.72 Å². The summed E-state index contributed by atoms with van der Waals surface area (Å²) in [6, 6.07) is 0. The Morgan fingerprint density at radius 2 is 2.57 bits per heavy atom. The summed E-state index contributed by atoms with van der Waals surface area (Å²) in [7, 11) is 1.58. The molecule has 0 aliphatic carbocycles. The fourth-order valence-electron chi connectivity index (χ4n) is 0.160. The van der Waals surface area contributed by atoms with Crippen LogP contribution in [0, 0.1) is 0 Å². The first-order chi connectivity index (χ1) is 3.31. The van der Waals surface area contributed by atoms with Gasteiger partial charge in [0, 0.05) is 0 Å². The van der Waals surface area contributed by atoms with E-state index in [9.17, 15) is 0 Å². The van der Waals surface area contributed by atoms with Crippen LogP contribution in [0.2, 0.25) is 0 Å². The molecule has 0 bridgehead atoms. The van der Waals surface area contributed by atoms with Crippen LogP contribution >= 0.6 is 12.8 Å². The third kappa shape index (κ3) is 3.69. The van der Waals surface area contributed by atoms with Crippen molar-refractivity contribution in [1.82, 2.24) is 4.72 Å². The van der Waals surface area contributed by atoms with E-state index in [2.05, 4.69) is 28.9 Å². The Balaban J connectivity index is 3.00. The summed E-state index contributed by atoms with van der Waals surface area (Å²) in [4.78, 5) is 0. The summed E-state index contributed by atoms with van der Waals surface area (Å²) in [6.45, 7) is 4.13. The fourth-order valence-corrected chi connectivity index (χ4v) is 0.337. The molecular weight excluding hydrogens is 110 g/mol. The van der Waals surface area contributed by atoms with E-state index < -0.39 is 0 Å². The van der Waals surface area contributed by atoms with E-state index in [0.717, 1.165) is 0 Å². The van der Waals surface area contributed by atoms with E-state index in [-0.39, 0.29) is 0 Å². The van der Waals surface area contributed by atoms with E-state index >= 15 is 0 Å². The highest BCUT2D eigenvalue weighted by Gasteiger charge is 1.83. The largest absolute Gasteiger partial charge is 0.500 e. The summed E-state index contributed by atoms with van der Waals surface area (Å²) in [6.07, 6.45) is 0. The first-order valence-electron chi connectivity index (χ1n) is 1.90. The van der Waals surface area contributed by atoms with Gasteiger partial charge in [-0.3, -0.25) is 4.72 Å². The Hall–Kier alpha value is -0.150. The SMILES string of the molecule is C=C(CNS)OC. The number of methoxy groups -OCH3 is 1. The molecule has 0 aromatic heterocycles. The van der Waals surface area contributed by atoms with Crippen molar-refractivity contribution in [3.8, 4) is 0 Å². The summed E-state index contributed by atoms with van der Waals surface area (Å²) in [5.74, 6) is 0.690. The number of rotatable bonds is 3. The molecule has 7 heavy (non-hydrogen) atoms. The first kappa shape index (κ1) is 6.85. The van der Waals surface area contributed by atoms with Crippen molar-refractivity contribution in [3.05, 3.63) is 12.3 Å². The van der Waals surface area contributed by atoms with E-state index in [1.807, 2.05) is 0 Å². The maximum atomic E-state index is 4.68. The van der Waals surface area contributed by atoms with Crippen LogP contribution in [-0.2, 0) is 4.74 Å². The van der Waals surface area contributed by atoms with Gasteiger partial charge in [0.25, 0.3) is 0 Å². The molecule has 0 radical (unpaired) electrons. The van der Waals surface area contributed by atoms with E-state index in [1.54, 1.807) is 7.11 Å². The fraction of sp³-hybridized carbons (Fsp3) is 0.500. The Kier molecular flexibility index (Phi) is 3.93. The van der Waals surface area contributed by atoms with Crippen LogP contribution in [0.25, 0.3) is 0 Å². The molecule has 0 fully saturated rings. The molecule has 0 spiro atoms. The van der Waals surface area contributed by atoms with Crippen molar-refractivity contribution in [2.24, 2.45) is 0 Å². The second-order valence-electron chi connectivity index (χ2n) is 1.08. The van der Waals surface area contributed by atoms with Gasteiger partial charge in [-0.25, -0.2) is 0 Å². The number of thiol groups is 1. The summed E-state index contributed by atoms with van der Waals surface area (Å²) < 4.78 is 7.27. The third-order valence-electron chi connectivity index (χ3n) is 0.565. The molecule has 1 N–H and O–H groups in total. The number of hydrogen-bond donors (Lipinski definition) is 2. The van der Waals surface area contributed by atoms with Crippen LogP contribution in [0.3, 0.4) is 0 Å². The van der Waals surface area contributed by atoms with Crippen LogP contribution in [-0.4, -0.2) is 13.7 Å². The van der Waals surface area contributed by atoms with Gasteiger partial charge in [-0.05, 0) is 0 Å². The normalized spacial score (nSPS) is 8.29. The van der Waals surface area contributed by atoms with Crippen molar-refractivity contribution < 1.29 is 4.74 Å². The summed E-state index contributed by atoms with van der Waals surface area (Å²) in [5.41, 5.74) is 0. The zero-order valence-corrected chi connectivity index (χ0v) is 5.16. The molecule has 0 heterocycles. The third-order valence-corrected chi connectivity index (χ3v) is 0.723. The lowest BCUT2D eigenvalue weighted by Gasteiger charge is -1.98. The predicted octanol–water partition coefficient (Wildman–Crippen LogP) is 0.581. The maximum Gasteiger partial charge on any atom is 0.103 e. The number of hydrogen-bond acceptors (Lipinski definition) is 3. The zero-order chi connectivity index (χ0) is 5.70. The van der Waals surface area contributed by atoms with Gasteiger partial charge in [-0.1, -0.05) is 19.4 Å². The molecule has 0 saturated heterocycles. The molecule has 0 aliphatic rings. The van der Waals surface area contributed by atoms with Gasteiger partial charge in [0.05, 0.1) is 13.7 Å². The standard InChI is InChI=1S/C4H9NOS/c1-4(6-2)3-5-7/h5,7H,1,3H2,2H3. The Labute approximate surface area is 49.1 Å². The molecule has 0 aliphatic heterocycles. The molecule has 2 nitrogen and oxygen atoms in total. The van der Waals surface area contributed by atoms with Gasteiger partial charge in [0.1, 0.15) is 5.76 Å². The first-order valence-corrected chi connectivity index (χ1v) is 2.34. The molecule has 0 aromatic rings. The van der Waals surface area contributed by atoms with Crippen molar-refractivity contribution in [2.45, 2.75) is 0 Å². The molecule has 0 atom stereocenters. The lowest BCUT2D eigenvalue weighted by Crippen LogP contribution is -2.04. The van der Waals surface area contributed by atoms with Crippen LogP contribution in [0.5, 0.6) is 0 Å². The highest BCUT2D eigenvalue weighted by molar-refractivity contribution is 7.78. The molecule has 0 aromatic carbocycles. The average molecular weight is 119 g/mol. The minimum absolute atomic E-state index is 0.597. The second kappa shape index (κ2) is 4.02. The molecular formula is C4H9NOS. The van der Waals surface area contributed by atoms with Gasteiger partial charge < -0.3 is 4.74 Å². The van der Waals surface area contributed by atoms with Gasteiger partial charge in [0.15, 0.2) is 0 Å². The zero-order valence-electron chi connectivity index (χ0n) is 4.27. The van der Waals surface area contributed by atoms with Gasteiger partial charge in [-0.15, -0.1) is 0 Å². The Bertz CT molecular complexity index is 64.7. The molecule has 42 valence electrons. The van der Waals surface area contributed by atoms with Crippen LogP contribution in [0.4, 0.5) is 0 Å². The molecule has 0 unspecified atom stereocenters. The molecule has 0 rings (SSSR count). The highest BCUT2D eigenvalue weighted by atomic mass is 32.1. The quantitative estimate of drug-likeness (QED) is 0.419. The van der Waals surface area contributed by atoms with E-state index in [4.69, 9.17) is 0 Å².